The normalized spacial score (nSPS) is 25.2. The minimum absolute atomic E-state index is 0.0531. The van der Waals surface area contributed by atoms with E-state index in [1.165, 1.54) is 12.8 Å². The molecule has 8 heteroatoms. The number of anilines is 2. The van der Waals surface area contributed by atoms with E-state index in [4.69, 9.17) is 5.73 Å². The molecule has 1 saturated carbocycles. The molecule has 0 spiro atoms. The number of nitrogens with one attached hydrogen (secondary N) is 1. The van der Waals surface area contributed by atoms with Gasteiger partial charge in [-0.05, 0) is 32.9 Å². The summed E-state index contributed by atoms with van der Waals surface area (Å²) >= 11 is 0. The molecule has 22 heavy (non-hydrogen) atoms. The summed E-state index contributed by atoms with van der Waals surface area (Å²) in [5.74, 6) is 0.904. The molecule has 1 aliphatic rings. The van der Waals surface area contributed by atoms with Crippen molar-refractivity contribution in [3.05, 3.63) is 16.3 Å². The van der Waals surface area contributed by atoms with Crippen LogP contribution in [0.5, 0.6) is 0 Å². The smallest absolute Gasteiger partial charge is 0.329 e. The fraction of sp³-hybridized carbons (Fsp3) is 0.714. The number of rotatable bonds is 5. The largest absolute Gasteiger partial charge is 0.378 e. The zero-order chi connectivity index (χ0) is 16.3. The predicted octanol–water partition coefficient (Wildman–Crippen LogP) is 1.89. The lowest BCUT2D eigenvalue weighted by Crippen LogP contribution is -2.52. The van der Waals surface area contributed by atoms with E-state index in [-0.39, 0.29) is 17.0 Å². The fourth-order valence-corrected chi connectivity index (χ4v) is 3.22. The second kappa shape index (κ2) is 6.43. The Kier molecular flexibility index (Phi) is 4.80. The van der Waals surface area contributed by atoms with E-state index in [0.29, 0.717) is 18.4 Å². The number of likely N-dealkylation sites (N-methyl/N-ethyl adjacent to an activating group) is 1. The Morgan fingerprint density at radius 1 is 1.59 bits per heavy atom. The monoisotopic (exact) mass is 308 g/mol. The van der Waals surface area contributed by atoms with Gasteiger partial charge in [0, 0.05) is 12.1 Å². The Balaban J connectivity index is 2.10. The average Bonchev–Trinajstić information content (AvgIpc) is 2.44. The topological polar surface area (TPSA) is 110 Å². The molecule has 0 radical (unpaired) electrons. The predicted molar refractivity (Wildman–Crippen MR) is 85.6 cm³/mol. The Labute approximate surface area is 130 Å². The van der Waals surface area contributed by atoms with Crippen LogP contribution in [0.1, 0.15) is 32.6 Å². The minimum Gasteiger partial charge on any atom is -0.378 e. The van der Waals surface area contributed by atoms with E-state index < -0.39 is 4.92 Å². The number of hydrogen-bond donors (Lipinski definition) is 2. The summed E-state index contributed by atoms with van der Waals surface area (Å²) in [6.07, 6.45) is 5.83. The third kappa shape index (κ3) is 3.44. The fourth-order valence-electron chi connectivity index (χ4n) is 3.22. The molecule has 3 N–H and O–H groups in total. The maximum absolute atomic E-state index is 10.7. The van der Waals surface area contributed by atoms with Crippen molar-refractivity contribution in [1.29, 1.82) is 0 Å². The first-order chi connectivity index (χ1) is 10.3. The third-order valence-corrected chi connectivity index (χ3v) is 4.59. The molecule has 1 aromatic heterocycles. The van der Waals surface area contributed by atoms with Gasteiger partial charge in [0.2, 0.25) is 11.8 Å². The van der Waals surface area contributed by atoms with Gasteiger partial charge in [-0.3, -0.25) is 10.1 Å². The van der Waals surface area contributed by atoms with Crippen LogP contribution >= 0.6 is 0 Å². The highest BCUT2D eigenvalue weighted by molar-refractivity contribution is 5.53. The Bertz CT molecular complexity index is 550. The van der Waals surface area contributed by atoms with Gasteiger partial charge >= 0.3 is 5.69 Å². The van der Waals surface area contributed by atoms with Crippen LogP contribution in [0.2, 0.25) is 0 Å². The number of nitrogens with two attached hydrogens (primary N) is 1. The second-order valence-corrected chi connectivity index (χ2v) is 6.40. The highest BCUT2D eigenvalue weighted by Gasteiger charge is 2.36. The van der Waals surface area contributed by atoms with Gasteiger partial charge in [-0.2, -0.15) is 4.98 Å². The van der Waals surface area contributed by atoms with Crippen LogP contribution in [0.25, 0.3) is 0 Å². The van der Waals surface area contributed by atoms with Crippen LogP contribution < -0.4 is 11.1 Å². The first kappa shape index (κ1) is 16.4. The maximum atomic E-state index is 10.7. The zero-order valence-electron chi connectivity index (χ0n) is 13.4. The van der Waals surface area contributed by atoms with E-state index in [1.807, 2.05) is 0 Å². The van der Waals surface area contributed by atoms with E-state index in [9.17, 15) is 10.1 Å². The SMILES string of the molecule is CC1CCCC(CNc2ncc([N+](=O)[O-])c(N)n2)(N(C)C)C1. The average molecular weight is 308 g/mol. The molecule has 0 aromatic carbocycles. The van der Waals surface area contributed by atoms with E-state index in [2.05, 4.69) is 41.2 Å². The Hall–Kier alpha value is -1.96. The summed E-state index contributed by atoms with van der Waals surface area (Å²) in [5.41, 5.74) is 5.39. The minimum atomic E-state index is -0.580. The number of aromatic nitrogens is 2. The molecule has 2 unspecified atom stereocenters. The van der Waals surface area contributed by atoms with Crippen molar-refractivity contribution in [2.45, 2.75) is 38.1 Å². The molecule has 122 valence electrons. The second-order valence-electron chi connectivity index (χ2n) is 6.40. The van der Waals surface area contributed by atoms with Gasteiger partial charge in [-0.15, -0.1) is 0 Å². The van der Waals surface area contributed by atoms with Crippen molar-refractivity contribution in [2.24, 2.45) is 5.92 Å². The van der Waals surface area contributed by atoms with E-state index >= 15 is 0 Å². The molecule has 1 fully saturated rings. The number of nitrogen functional groups attached to an aromatic ring is 1. The lowest BCUT2D eigenvalue weighted by Gasteiger charge is -2.45. The van der Waals surface area contributed by atoms with Crippen molar-refractivity contribution in [3.63, 3.8) is 0 Å². The molecule has 2 atom stereocenters. The Morgan fingerprint density at radius 3 is 2.86 bits per heavy atom. The molecule has 0 aliphatic heterocycles. The highest BCUT2D eigenvalue weighted by atomic mass is 16.6. The summed E-state index contributed by atoms with van der Waals surface area (Å²) < 4.78 is 0. The quantitative estimate of drug-likeness (QED) is 0.631. The van der Waals surface area contributed by atoms with Gasteiger partial charge in [0.15, 0.2) is 0 Å². The summed E-state index contributed by atoms with van der Waals surface area (Å²) in [4.78, 5) is 20.4. The van der Waals surface area contributed by atoms with E-state index in [1.54, 1.807) is 0 Å². The van der Waals surface area contributed by atoms with Crippen molar-refractivity contribution >= 4 is 17.5 Å². The highest BCUT2D eigenvalue weighted by Crippen LogP contribution is 2.35. The molecular weight excluding hydrogens is 284 g/mol. The van der Waals surface area contributed by atoms with Crippen molar-refractivity contribution in [3.8, 4) is 0 Å². The maximum Gasteiger partial charge on any atom is 0.329 e. The Morgan fingerprint density at radius 2 is 2.32 bits per heavy atom. The van der Waals surface area contributed by atoms with Gasteiger partial charge < -0.3 is 16.0 Å². The molecule has 1 heterocycles. The summed E-state index contributed by atoms with van der Waals surface area (Å²) in [5, 5.41) is 13.9. The van der Waals surface area contributed by atoms with Crippen LogP contribution in [0.3, 0.4) is 0 Å². The molecule has 0 bridgehead atoms. The van der Waals surface area contributed by atoms with Gasteiger partial charge in [0.05, 0.1) is 4.92 Å². The van der Waals surface area contributed by atoms with E-state index in [0.717, 1.165) is 19.0 Å². The van der Waals surface area contributed by atoms with Crippen LogP contribution in [0.15, 0.2) is 6.20 Å². The first-order valence-corrected chi connectivity index (χ1v) is 7.52. The summed E-state index contributed by atoms with van der Waals surface area (Å²) in [7, 11) is 4.18. The number of hydrogen-bond acceptors (Lipinski definition) is 7. The van der Waals surface area contributed by atoms with Crippen molar-refractivity contribution < 1.29 is 4.92 Å². The van der Waals surface area contributed by atoms with Crippen LogP contribution in [-0.4, -0.2) is 46.0 Å². The van der Waals surface area contributed by atoms with Gasteiger partial charge in [0.1, 0.15) is 6.20 Å². The molecule has 0 amide bonds. The van der Waals surface area contributed by atoms with Crippen molar-refractivity contribution in [2.75, 3.05) is 31.7 Å². The molecule has 2 rings (SSSR count). The third-order valence-electron chi connectivity index (χ3n) is 4.59. The molecule has 8 nitrogen and oxygen atoms in total. The molecule has 0 saturated heterocycles. The van der Waals surface area contributed by atoms with Crippen LogP contribution in [0.4, 0.5) is 17.5 Å². The lowest BCUT2D eigenvalue weighted by atomic mass is 9.75. The summed E-state index contributed by atoms with van der Waals surface area (Å²) in [6.45, 7) is 2.97. The molecule has 1 aliphatic carbocycles. The number of nitro groups is 1. The molecular formula is C14H24N6O2. The van der Waals surface area contributed by atoms with Crippen LogP contribution in [0, 0.1) is 16.0 Å². The first-order valence-electron chi connectivity index (χ1n) is 7.52. The standard InChI is InChI=1S/C14H24N6O2/c1-10-5-4-6-14(7-10,19(2)3)9-17-13-16-8-11(20(21)22)12(15)18-13/h8,10H,4-7,9H2,1-3H3,(H3,15,16,17,18). The summed E-state index contributed by atoms with van der Waals surface area (Å²) in [6, 6.07) is 0. The number of nitrogens with zero attached hydrogens (tertiary/aromatic N) is 4. The van der Waals surface area contributed by atoms with Crippen LogP contribution in [-0.2, 0) is 0 Å². The van der Waals surface area contributed by atoms with Gasteiger partial charge in [-0.1, -0.05) is 19.8 Å². The zero-order valence-corrected chi connectivity index (χ0v) is 13.4. The lowest BCUT2D eigenvalue weighted by molar-refractivity contribution is -0.384. The van der Waals surface area contributed by atoms with Gasteiger partial charge in [-0.25, -0.2) is 4.98 Å². The van der Waals surface area contributed by atoms with Crippen molar-refractivity contribution in [1.82, 2.24) is 14.9 Å². The van der Waals surface area contributed by atoms with Gasteiger partial charge in [0.25, 0.3) is 0 Å². The molecule has 1 aromatic rings.